The monoisotopic (exact) mass is 414 g/mol. The number of aromatic nitrogens is 2. The van der Waals surface area contributed by atoms with E-state index in [1.165, 1.54) is 11.3 Å². The van der Waals surface area contributed by atoms with Crippen molar-refractivity contribution in [2.24, 2.45) is 0 Å². The third kappa shape index (κ3) is 2.86. The third-order valence-corrected chi connectivity index (χ3v) is 7.32. The number of fused-ring (bicyclic) bond motifs is 2. The zero-order valence-corrected chi connectivity index (χ0v) is 16.7. The smallest absolute Gasteiger partial charge is 0.265 e. The molecule has 8 heteroatoms. The van der Waals surface area contributed by atoms with Crippen LogP contribution in [0.25, 0.3) is 20.3 Å². The van der Waals surface area contributed by atoms with Crippen LogP contribution in [-0.4, -0.2) is 47.0 Å². The van der Waals surface area contributed by atoms with Crippen molar-refractivity contribution in [1.82, 2.24) is 14.9 Å². The molecule has 1 fully saturated rings. The Morgan fingerprint density at radius 1 is 1.04 bits per heavy atom. The minimum atomic E-state index is 0.0178. The standard InChI is InChI=1S/C19H15ClN4OS2/c20-15-12-3-1-2-4-14(12)27-16(15)19(25)24-8-6-23(7-9-24)17-13-5-10-26-18(13)22-11-21-17/h1-5,10-11H,6-9H2. The van der Waals surface area contributed by atoms with Crippen LogP contribution in [0.1, 0.15) is 9.67 Å². The van der Waals surface area contributed by atoms with Gasteiger partial charge < -0.3 is 9.80 Å². The first-order valence-electron chi connectivity index (χ1n) is 8.62. The average molecular weight is 415 g/mol. The second-order valence-corrected chi connectivity index (χ2v) is 8.68. The first kappa shape index (κ1) is 16.9. The highest BCUT2D eigenvalue weighted by molar-refractivity contribution is 7.21. The number of hydrogen-bond acceptors (Lipinski definition) is 6. The van der Waals surface area contributed by atoms with Crippen molar-refractivity contribution in [2.45, 2.75) is 0 Å². The van der Waals surface area contributed by atoms with Crippen LogP contribution in [0, 0.1) is 0 Å². The summed E-state index contributed by atoms with van der Waals surface area (Å²) < 4.78 is 1.05. The lowest BCUT2D eigenvalue weighted by atomic mass is 10.2. The van der Waals surface area contributed by atoms with Crippen LogP contribution in [0.5, 0.6) is 0 Å². The summed E-state index contributed by atoms with van der Waals surface area (Å²) in [5, 5.41) is 4.63. The summed E-state index contributed by atoms with van der Waals surface area (Å²) in [5.74, 6) is 0.970. The number of anilines is 1. The highest BCUT2D eigenvalue weighted by Gasteiger charge is 2.27. The van der Waals surface area contributed by atoms with Crippen molar-refractivity contribution in [3.05, 3.63) is 51.9 Å². The number of hydrogen-bond donors (Lipinski definition) is 0. The molecule has 4 aromatic rings. The molecule has 1 amide bonds. The molecule has 5 nitrogen and oxygen atoms in total. The van der Waals surface area contributed by atoms with Gasteiger partial charge in [0.2, 0.25) is 0 Å². The van der Waals surface area contributed by atoms with Crippen LogP contribution in [0.15, 0.2) is 42.0 Å². The maximum atomic E-state index is 13.0. The first-order valence-corrected chi connectivity index (χ1v) is 10.7. The molecule has 0 atom stereocenters. The number of piperazine rings is 1. The van der Waals surface area contributed by atoms with Crippen molar-refractivity contribution in [3.63, 3.8) is 0 Å². The molecule has 136 valence electrons. The molecular weight excluding hydrogens is 400 g/mol. The van der Waals surface area contributed by atoms with Crippen molar-refractivity contribution in [2.75, 3.05) is 31.1 Å². The van der Waals surface area contributed by atoms with Gasteiger partial charge in [-0.15, -0.1) is 22.7 Å². The lowest BCUT2D eigenvalue weighted by Crippen LogP contribution is -2.49. The van der Waals surface area contributed by atoms with Gasteiger partial charge in [0.1, 0.15) is 21.9 Å². The van der Waals surface area contributed by atoms with Gasteiger partial charge in [0.05, 0.1) is 10.4 Å². The molecule has 0 unspecified atom stereocenters. The summed E-state index contributed by atoms with van der Waals surface area (Å²) in [7, 11) is 0. The summed E-state index contributed by atoms with van der Waals surface area (Å²) in [6, 6.07) is 9.94. The van der Waals surface area contributed by atoms with E-state index in [1.54, 1.807) is 17.7 Å². The molecule has 0 spiro atoms. The van der Waals surface area contributed by atoms with E-state index in [9.17, 15) is 4.79 Å². The average Bonchev–Trinajstić information content (AvgIpc) is 3.32. The van der Waals surface area contributed by atoms with Crippen LogP contribution in [0.2, 0.25) is 5.02 Å². The predicted octanol–water partition coefficient (Wildman–Crippen LogP) is 4.52. The van der Waals surface area contributed by atoms with Crippen molar-refractivity contribution in [1.29, 1.82) is 0 Å². The highest BCUT2D eigenvalue weighted by atomic mass is 35.5. The summed E-state index contributed by atoms with van der Waals surface area (Å²) in [5.41, 5.74) is 0. The fraction of sp³-hybridized carbons (Fsp3) is 0.211. The lowest BCUT2D eigenvalue weighted by Gasteiger charge is -2.35. The van der Waals surface area contributed by atoms with E-state index in [-0.39, 0.29) is 5.91 Å². The van der Waals surface area contributed by atoms with E-state index >= 15 is 0 Å². The van der Waals surface area contributed by atoms with Gasteiger partial charge in [-0.2, -0.15) is 0 Å². The molecule has 3 aromatic heterocycles. The number of thiophene rings is 2. The van der Waals surface area contributed by atoms with E-state index in [0.29, 0.717) is 23.0 Å². The molecule has 0 saturated carbocycles. The summed E-state index contributed by atoms with van der Waals surface area (Å²) in [6.45, 7) is 2.80. The summed E-state index contributed by atoms with van der Waals surface area (Å²) >= 11 is 9.57. The molecule has 1 aromatic carbocycles. The van der Waals surface area contributed by atoms with E-state index < -0.39 is 0 Å². The molecule has 0 N–H and O–H groups in total. The SMILES string of the molecule is O=C(c1sc2ccccc2c1Cl)N1CCN(c2ncnc3sccc23)CC1. The Bertz CT molecular complexity index is 1150. The van der Waals surface area contributed by atoms with Gasteiger partial charge >= 0.3 is 0 Å². The number of carbonyl (C=O) groups is 1. The zero-order chi connectivity index (χ0) is 18.4. The van der Waals surface area contributed by atoms with Crippen LogP contribution in [-0.2, 0) is 0 Å². The summed E-state index contributed by atoms with van der Waals surface area (Å²) in [6.07, 6.45) is 1.61. The molecule has 0 radical (unpaired) electrons. The molecule has 1 aliphatic rings. The van der Waals surface area contributed by atoms with E-state index in [1.807, 2.05) is 34.5 Å². The van der Waals surface area contributed by atoms with Crippen molar-refractivity contribution < 1.29 is 4.79 Å². The normalized spacial score (nSPS) is 15.0. The highest BCUT2D eigenvalue weighted by Crippen LogP contribution is 2.36. The van der Waals surface area contributed by atoms with E-state index in [4.69, 9.17) is 11.6 Å². The molecule has 1 saturated heterocycles. The fourth-order valence-electron chi connectivity index (χ4n) is 3.45. The summed E-state index contributed by atoms with van der Waals surface area (Å²) in [4.78, 5) is 27.5. The van der Waals surface area contributed by atoms with Crippen LogP contribution in [0.4, 0.5) is 5.82 Å². The van der Waals surface area contributed by atoms with Gasteiger partial charge in [0.25, 0.3) is 5.91 Å². The lowest BCUT2D eigenvalue weighted by molar-refractivity contribution is 0.0751. The predicted molar refractivity (Wildman–Crippen MR) is 112 cm³/mol. The minimum absolute atomic E-state index is 0.0178. The second kappa shape index (κ2) is 6.74. The second-order valence-electron chi connectivity index (χ2n) is 6.36. The fourth-order valence-corrected chi connectivity index (χ4v) is 5.65. The van der Waals surface area contributed by atoms with Crippen molar-refractivity contribution >= 4 is 66.3 Å². The maximum Gasteiger partial charge on any atom is 0.265 e. The number of amides is 1. The number of rotatable bonds is 2. The van der Waals surface area contributed by atoms with Gasteiger partial charge in [-0.05, 0) is 17.5 Å². The Kier molecular flexibility index (Phi) is 4.22. The van der Waals surface area contributed by atoms with Gasteiger partial charge in [0, 0.05) is 36.3 Å². The number of benzene rings is 1. The van der Waals surface area contributed by atoms with Gasteiger partial charge in [0.15, 0.2) is 0 Å². The molecular formula is C19H15ClN4OS2. The van der Waals surface area contributed by atoms with Gasteiger partial charge in [-0.3, -0.25) is 4.79 Å². The van der Waals surface area contributed by atoms with Gasteiger partial charge in [-0.1, -0.05) is 29.8 Å². The molecule has 27 heavy (non-hydrogen) atoms. The number of carbonyl (C=O) groups excluding carboxylic acids is 1. The van der Waals surface area contributed by atoms with E-state index in [0.717, 1.165) is 39.2 Å². The van der Waals surface area contributed by atoms with Gasteiger partial charge in [-0.25, -0.2) is 9.97 Å². The Morgan fingerprint density at radius 2 is 1.85 bits per heavy atom. The molecule has 0 bridgehead atoms. The Balaban J connectivity index is 1.36. The first-order chi connectivity index (χ1) is 13.2. The number of halogens is 1. The molecule has 4 heterocycles. The zero-order valence-electron chi connectivity index (χ0n) is 14.3. The Hall–Kier alpha value is -2.22. The Labute approximate surface area is 168 Å². The Morgan fingerprint density at radius 3 is 2.67 bits per heavy atom. The minimum Gasteiger partial charge on any atom is -0.352 e. The molecule has 5 rings (SSSR count). The largest absolute Gasteiger partial charge is 0.352 e. The van der Waals surface area contributed by atoms with E-state index in [2.05, 4.69) is 20.9 Å². The van der Waals surface area contributed by atoms with Crippen LogP contribution in [0.3, 0.4) is 0 Å². The van der Waals surface area contributed by atoms with Crippen LogP contribution >= 0.6 is 34.3 Å². The third-order valence-electron chi connectivity index (χ3n) is 4.84. The van der Waals surface area contributed by atoms with Crippen LogP contribution < -0.4 is 4.90 Å². The van der Waals surface area contributed by atoms with Crippen molar-refractivity contribution in [3.8, 4) is 0 Å². The number of nitrogens with zero attached hydrogens (tertiary/aromatic N) is 4. The molecule has 0 aliphatic carbocycles. The maximum absolute atomic E-state index is 13.0. The quantitative estimate of drug-likeness (QED) is 0.483. The topological polar surface area (TPSA) is 49.3 Å². The molecule has 1 aliphatic heterocycles.